The Kier molecular flexibility index (Phi) is 3.53. The summed E-state index contributed by atoms with van der Waals surface area (Å²) in [6, 6.07) is 4.05. The van der Waals surface area contributed by atoms with E-state index in [9.17, 15) is 0 Å². The summed E-state index contributed by atoms with van der Waals surface area (Å²) in [5.74, 6) is 0.697. The summed E-state index contributed by atoms with van der Waals surface area (Å²) < 4.78 is 5.10. The molecule has 4 nitrogen and oxygen atoms in total. The predicted molar refractivity (Wildman–Crippen MR) is 58.9 cm³/mol. The third kappa shape index (κ3) is 2.91. The van der Waals surface area contributed by atoms with Gasteiger partial charge < -0.3 is 10.1 Å². The van der Waals surface area contributed by atoms with Gasteiger partial charge in [-0.25, -0.2) is 4.98 Å². The van der Waals surface area contributed by atoms with Gasteiger partial charge in [0.05, 0.1) is 7.11 Å². The minimum atomic E-state index is 0.697. The first-order valence-electron chi connectivity index (χ1n) is 5.30. The Labute approximate surface area is 90.3 Å². The molecule has 0 saturated carbocycles. The van der Waals surface area contributed by atoms with Crippen molar-refractivity contribution in [3.8, 4) is 5.88 Å². The number of pyridine rings is 1. The van der Waals surface area contributed by atoms with Gasteiger partial charge in [-0.3, -0.25) is 4.90 Å². The maximum Gasteiger partial charge on any atom is 0.213 e. The van der Waals surface area contributed by atoms with Crippen LogP contribution in [0.3, 0.4) is 0 Å². The first-order valence-corrected chi connectivity index (χ1v) is 5.30. The van der Waals surface area contributed by atoms with Crippen molar-refractivity contribution in [1.82, 2.24) is 15.2 Å². The molecule has 0 amide bonds. The quantitative estimate of drug-likeness (QED) is 0.783. The lowest BCUT2D eigenvalue weighted by Crippen LogP contribution is -2.42. The van der Waals surface area contributed by atoms with Crippen LogP contribution in [0.5, 0.6) is 5.88 Å². The highest BCUT2D eigenvalue weighted by molar-refractivity contribution is 5.20. The zero-order valence-electron chi connectivity index (χ0n) is 9.07. The van der Waals surface area contributed by atoms with Gasteiger partial charge in [-0.15, -0.1) is 0 Å². The van der Waals surface area contributed by atoms with Crippen molar-refractivity contribution in [1.29, 1.82) is 0 Å². The normalized spacial score (nSPS) is 17.7. The molecule has 1 aromatic heterocycles. The van der Waals surface area contributed by atoms with Crippen molar-refractivity contribution in [2.75, 3.05) is 33.3 Å². The first-order chi connectivity index (χ1) is 7.38. The van der Waals surface area contributed by atoms with E-state index in [0.29, 0.717) is 5.88 Å². The lowest BCUT2D eigenvalue weighted by molar-refractivity contribution is 0.233. The van der Waals surface area contributed by atoms with Crippen LogP contribution < -0.4 is 10.1 Å². The topological polar surface area (TPSA) is 37.4 Å². The van der Waals surface area contributed by atoms with Crippen LogP contribution in [0.4, 0.5) is 0 Å². The molecule has 0 unspecified atom stereocenters. The van der Waals surface area contributed by atoms with Gasteiger partial charge >= 0.3 is 0 Å². The van der Waals surface area contributed by atoms with E-state index in [1.807, 2.05) is 12.1 Å². The number of nitrogens with one attached hydrogen (secondary N) is 1. The summed E-state index contributed by atoms with van der Waals surface area (Å²) in [7, 11) is 1.65. The van der Waals surface area contributed by atoms with E-state index >= 15 is 0 Å². The number of aromatic nitrogens is 1. The molecule has 2 heterocycles. The van der Waals surface area contributed by atoms with Crippen LogP contribution in [0.1, 0.15) is 5.56 Å². The minimum Gasteiger partial charge on any atom is -0.481 e. The highest BCUT2D eigenvalue weighted by Gasteiger charge is 2.09. The molecule has 82 valence electrons. The monoisotopic (exact) mass is 207 g/mol. The lowest BCUT2D eigenvalue weighted by Gasteiger charge is -2.27. The van der Waals surface area contributed by atoms with Crippen LogP contribution >= 0.6 is 0 Å². The molecule has 1 aliphatic rings. The van der Waals surface area contributed by atoms with Gasteiger partial charge in [0, 0.05) is 45.0 Å². The fourth-order valence-electron chi connectivity index (χ4n) is 1.79. The third-order valence-electron chi connectivity index (χ3n) is 2.62. The average molecular weight is 207 g/mol. The average Bonchev–Trinajstić information content (AvgIpc) is 2.31. The highest BCUT2D eigenvalue weighted by Crippen LogP contribution is 2.11. The van der Waals surface area contributed by atoms with Crippen molar-refractivity contribution in [3.05, 3.63) is 23.9 Å². The van der Waals surface area contributed by atoms with E-state index < -0.39 is 0 Å². The number of nitrogens with zero attached hydrogens (tertiary/aromatic N) is 2. The zero-order chi connectivity index (χ0) is 10.5. The van der Waals surface area contributed by atoms with Gasteiger partial charge in [0.1, 0.15) is 0 Å². The van der Waals surface area contributed by atoms with Crippen LogP contribution in [-0.2, 0) is 6.54 Å². The molecule has 1 N–H and O–H groups in total. The first kappa shape index (κ1) is 10.4. The highest BCUT2D eigenvalue weighted by atomic mass is 16.5. The van der Waals surface area contributed by atoms with Gasteiger partial charge in [-0.1, -0.05) is 0 Å². The molecule has 0 atom stereocenters. The Bertz CT molecular complexity index is 310. The number of ether oxygens (including phenoxy) is 1. The number of hydrogen-bond acceptors (Lipinski definition) is 4. The molecule has 0 aromatic carbocycles. The summed E-state index contributed by atoms with van der Waals surface area (Å²) in [5, 5.41) is 3.34. The van der Waals surface area contributed by atoms with E-state index in [-0.39, 0.29) is 0 Å². The molecular weight excluding hydrogens is 190 g/mol. The van der Waals surface area contributed by atoms with E-state index in [0.717, 1.165) is 32.7 Å². The zero-order valence-corrected chi connectivity index (χ0v) is 9.07. The standard InChI is InChI=1S/C11H17N3O/c1-15-11-8-10(2-3-13-11)9-14-6-4-12-5-7-14/h2-3,8,12H,4-7,9H2,1H3. The molecule has 15 heavy (non-hydrogen) atoms. The molecule has 0 radical (unpaired) electrons. The Balaban J connectivity index is 1.96. The van der Waals surface area contributed by atoms with Crippen LogP contribution in [0.15, 0.2) is 18.3 Å². The number of piperazine rings is 1. The molecule has 1 aromatic rings. The summed E-state index contributed by atoms with van der Waals surface area (Å²) in [5.41, 5.74) is 1.27. The Morgan fingerprint density at radius 2 is 2.27 bits per heavy atom. The van der Waals surface area contributed by atoms with E-state index in [1.54, 1.807) is 13.3 Å². The van der Waals surface area contributed by atoms with Gasteiger partial charge in [0.15, 0.2) is 0 Å². The fraction of sp³-hybridized carbons (Fsp3) is 0.545. The molecule has 0 spiro atoms. The Morgan fingerprint density at radius 1 is 1.47 bits per heavy atom. The lowest BCUT2D eigenvalue weighted by atomic mass is 10.2. The van der Waals surface area contributed by atoms with Crippen molar-refractivity contribution < 1.29 is 4.74 Å². The van der Waals surface area contributed by atoms with Crippen LogP contribution in [0.25, 0.3) is 0 Å². The Hall–Kier alpha value is -1.13. The smallest absolute Gasteiger partial charge is 0.213 e. The summed E-state index contributed by atoms with van der Waals surface area (Å²) in [6.07, 6.45) is 1.80. The van der Waals surface area contributed by atoms with E-state index in [4.69, 9.17) is 4.74 Å². The maximum atomic E-state index is 5.10. The van der Waals surface area contributed by atoms with Gasteiger partial charge in [-0.05, 0) is 11.6 Å². The van der Waals surface area contributed by atoms with E-state index in [2.05, 4.69) is 15.2 Å². The summed E-state index contributed by atoms with van der Waals surface area (Å²) in [4.78, 5) is 6.53. The van der Waals surface area contributed by atoms with Crippen molar-refractivity contribution in [2.24, 2.45) is 0 Å². The SMILES string of the molecule is COc1cc(CN2CCNCC2)ccn1. The van der Waals surface area contributed by atoms with E-state index in [1.165, 1.54) is 5.56 Å². The molecule has 0 aliphatic carbocycles. The molecular formula is C11H17N3O. The minimum absolute atomic E-state index is 0.697. The van der Waals surface area contributed by atoms with Crippen molar-refractivity contribution in [2.45, 2.75) is 6.54 Å². The number of methoxy groups -OCH3 is 1. The summed E-state index contributed by atoms with van der Waals surface area (Å²) >= 11 is 0. The van der Waals surface area contributed by atoms with Crippen LogP contribution in [-0.4, -0.2) is 43.2 Å². The maximum absolute atomic E-state index is 5.10. The predicted octanol–water partition coefficient (Wildman–Crippen LogP) is 0.495. The molecule has 1 aliphatic heterocycles. The molecule has 1 saturated heterocycles. The summed E-state index contributed by atoms with van der Waals surface area (Å²) in [6.45, 7) is 5.39. The second-order valence-corrected chi connectivity index (χ2v) is 3.73. The third-order valence-corrected chi connectivity index (χ3v) is 2.62. The van der Waals surface area contributed by atoms with Crippen molar-refractivity contribution >= 4 is 0 Å². The largest absolute Gasteiger partial charge is 0.481 e. The fourth-order valence-corrected chi connectivity index (χ4v) is 1.79. The van der Waals surface area contributed by atoms with Crippen LogP contribution in [0.2, 0.25) is 0 Å². The molecule has 1 fully saturated rings. The Morgan fingerprint density at radius 3 is 3.00 bits per heavy atom. The van der Waals surface area contributed by atoms with Crippen molar-refractivity contribution in [3.63, 3.8) is 0 Å². The van der Waals surface area contributed by atoms with Gasteiger partial charge in [-0.2, -0.15) is 0 Å². The number of rotatable bonds is 3. The van der Waals surface area contributed by atoms with Gasteiger partial charge in [0.2, 0.25) is 5.88 Å². The molecule has 0 bridgehead atoms. The molecule has 4 heteroatoms. The van der Waals surface area contributed by atoms with Crippen LogP contribution in [0, 0.1) is 0 Å². The van der Waals surface area contributed by atoms with Gasteiger partial charge in [0.25, 0.3) is 0 Å². The second kappa shape index (κ2) is 5.09. The second-order valence-electron chi connectivity index (χ2n) is 3.73. The molecule has 2 rings (SSSR count). The number of hydrogen-bond donors (Lipinski definition) is 1.